The van der Waals surface area contributed by atoms with Crippen molar-refractivity contribution >= 4 is 11.7 Å². The molecule has 1 heterocycles. The van der Waals surface area contributed by atoms with Gasteiger partial charge in [0.2, 0.25) is 0 Å². The Balaban J connectivity index is 2.23. The summed E-state index contributed by atoms with van der Waals surface area (Å²) in [6, 6.07) is 1.27. The van der Waals surface area contributed by atoms with E-state index in [-0.39, 0.29) is 24.5 Å². The second-order valence-corrected chi connectivity index (χ2v) is 3.51. The molecule has 0 aliphatic carbocycles. The van der Waals surface area contributed by atoms with Gasteiger partial charge in [0.25, 0.3) is 0 Å². The van der Waals surface area contributed by atoms with Gasteiger partial charge < -0.3 is 15.2 Å². The third-order valence-corrected chi connectivity index (χ3v) is 2.23. The summed E-state index contributed by atoms with van der Waals surface area (Å²) in [4.78, 5) is 10.5. The van der Waals surface area contributed by atoms with Gasteiger partial charge in [-0.3, -0.25) is 4.79 Å². The molecule has 1 aromatic rings. The van der Waals surface area contributed by atoms with Crippen molar-refractivity contribution in [1.82, 2.24) is 0 Å². The van der Waals surface area contributed by atoms with Crippen molar-refractivity contribution in [2.24, 2.45) is 0 Å². The first-order valence-corrected chi connectivity index (χ1v) is 4.66. The first-order valence-electron chi connectivity index (χ1n) is 4.66. The van der Waals surface area contributed by atoms with E-state index >= 15 is 0 Å². The van der Waals surface area contributed by atoms with E-state index in [1.165, 1.54) is 0 Å². The highest BCUT2D eigenvalue weighted by atomic mass is 19.1. The maximum atomic E-state index is 13.3. The van der Waals surface area contributed by atoms with Crippen LogP contribution in [0.15, 0.2) is 12.1 Å². The molecule has 1 aromatic carbocycles. The predicted octanol–water partition coefficient (Wildman–Crippen LogP) is 1.61. The Morgan fingerprint density at radius 2 is 2.31 bits per heavy atom. The van der Waals surface area contributed by atoms with Gasteiger partial charge >= 0.3 is 5.97 Å². The lowest BCUT2D eigenvalue weighted by Gasteiger charge is -2.26. The van der Waals surface area contributed by atoms with E-state index in [0.29, 0.717) is 0 Å². The minimum absolute atomic E-state index is 0.0129. The topological polar surface area (TPSA) is 58.6 Å². The molecule has 0 fully saturated rings. The van der Waals surface area contributed by atoms with Crippen LogP contribution in [-0.2, 0) is 4.79 Å². The van der Waals surface area contributed by atoms with Gasteiger partial charge in [0, 0.05) is 12.1 Å². The maximum absolute atomic E-state index is 13.3. The number of carbonyl (C=O) groups is 1. The predicted molar refractivity (Wildman–Crippen MR) is 51.5 cm³/mol. The molecule has 0 saturated carbocycles. The third-order valence-electron chi connectivity index (χ3n) is 2.23. The fraction of sp³-hybridized carbons (Fsp3) is 0.300. The Kier molecular flexibility index (Phi) is 2.64. The zero-order chi connectivity index (χ0) is 11.7. The molecule has 6 heteroatoms. The van der Waals surface area contributed by atoms with E-state index in [1.54, 1.807) is 0 Å². The van der Waals surface area contributed by atoms with Gasteiger partial charge in [-0.05, 0) is 0 Å². The van der Waals surface area contributed by atoms with Crippen molar-refractivity contribution < 1.29 is 23.4 Å². The molecular formula is C10H9F2NO3. The number of halogens is 2. The van der Waals surface area contributed by atoms with Crippen molar-refractivity contribution in [1.29, 1.82) is 0 Å². The molecule has 1 atom stereocenters. The standard InChI is InChI=1S/C10H9F2NO3/c11-5-1-7(12)10-8(2-5)16-4-6(13-10)3-9(14)15/h1-2,6,13H,3-4H2,(H,14,15). The summed E-state index contributed by atoms with van der Waals surface area (Å²) in [6.45, 7) is 0.0716. The maximum Gasteiger partial charge on any atom is 0.305 e. The Morgan fingerprint density at radius 1 is 1.56 bits per heavy atom. The number of carboxylic acids is 1. The number of hydrogen-bond donors (Lipinski definition) is 2. The minimum atomic E-state index is -1.01. The Labute approximate surface area is 89.8 Å². The third kappa shape index (κ3) is 2.05. The summed E-state index contributed by atoms with van der Waals surface area (Å²) in [5.74, 6) is -2.45. The van der Waals surface area contributed by atoms with Crippen LogP contribution >= 0.6 is 0 Å². The van der Waals surface area contributed by atoms with Gasteiger partial charge in [0.1, 0.15) is 23.9 Å². The molecule has 86 valence electrons. The van der Waals surface area contributed by atoms with Crippen LogP contribution in [0.5, 0.6) is 5.75 Å². The molecule has 1 aliphatic rings. The highest BCUT2D eigenvalue weighted by Crippen LogP contribution is 2.32. The number of anilines is 1. The number of carboxylic acid groups (broad SMARTS) is 1. The van der Waals surface area contributed by atoms with Crippen molar-refractivity contribution in [2.45, 2.75) is 12.5 Å². The Bertz CT molecular complexity index is 436. The first kappa shape index (κ1) is 10.7. The zero-order valence-corrected chi connectivity index (χ0v) is 8.17. The lowest BCUT2D eigenvalue weighted by Crippen LogP contribution is -2.34. The molecule has 2 N–H and O–H groups in total. The lowest BCUT2D eigenvalue weighted by atomic mass is 10.1. The van der Waals surface area contributed by atoms with Crippen molar-refractivity contribution in [3.8, 4) is 5.75 Å². The van der Waals surface area contributed by atoms with Crippen molar-refractivity contribution in [3.63, 3.8) is 0 Å². The highest BCUT2D eigenvalue weighted by Gasteiger charge is 2.24. The van der Waals surface area contributed by atoms with Gasteiger partial charge in [0.15, 0.2) is 5.82 Å². The van der Waals surface area contributed by atoms with Crippen LogP contribution in [0, 0.1) is 11.6 Å². The molecule has 1 aliphatic heterocycles. The molecule has 2 rings (SSSR count). The smallest absolute Gasteiger partial charge is 0.305 e. The minimum Gasteiger partial charge on any atom is -0.489 e. The monoisotopic (exact) mass is 229 g/mol. The van der Waals surface area contributed by atoms with Gasteiger partial charge in [-0.25, -0.2) is 8.78 Å². The summed E-state index contributed by atoms with van der Waals surface area (Å²) >= 11 is 0. The summed E-state index contributed by atoms with van der Waals surface area (Å²) in [5, 5.41) is 11.3. The van der Waals surface area contributed by atoms with E-state index in [2.05, 4.69) is 5.32 Å². The zero-order valence-electron chi connectivity index (χ0n) is 8.17. The fourth-order valence-corrected chi connectivity index (χ4v) is 1.56. The summed E-state index contributed by atoms with van der Waals surface area (Å²) in [6.07, 6.45) is -0.184. The second-order valence-electron chi connectivity index (χ2n) is 3.51. The number of benzene rings is 1. The number of nitrogens with one attached hydrogen (secondary N) is 1. The number of aliphatic carboxylic acids is 1. The lowest BCUT2D eigenvalue weighted by molar-refractivity contribution is -0.137. The van der Waals surface area contributed by atoms with E-state index < -0.39 is 23.6 Å². The van der Waals surface area contributed by atoms with Crippen molar-refractivity contribution in [3.05, 3.63) is 23.8 Å². The van der Waals surface area contributed by atoms with Gasteiger partial charge in [-0.15, -0.1) is 0 Å². The number of hydrogen-bond acceptors (Lipinski definition) is 3. The van der Waals surface area contributed by atoms with E-state index in [4.69, 9.17) is 9.84 Å². The van der Waals surface area contributed by atoms with Gasteiger partial charge in [-0.1, -0.05) is 0 Å². The number of ether oxygens (including phenoxy) is 1. The normalized spacial score (nSPS) is 18.2. The largest absolute Gasteiger partial charge is 0.489 e. The van der Waals surface area contributed by atoms with Gasteiger partial charge in [0.05, 0.1) is 12.5 Å². The molecular weight excluding hydrogens is 220 g/mol. The second kappa shape index (κ2) is 3.96. The first-order chi connectivity index (χ1) is 7.56. The molecule has 0 radical (unpaired) electrons. The van der Waals surface area contributed by atoms with Crippen LogP contribution in [0.2, 0.25) is 0 Å². The van der Waals surface area contributed by atoms with Crippen LogP contribution in [0.25, 0.3) is 0 Å². The Morgan fingerprint density at radius 3 is 3.00 bits per heavy atom. The Hall–Kier alpha value is -1.85. The molecule has 0 aromatic heterocycles. The quantitative estimate of drug-likeness (QED) is 0.808. The highest BCUT2D eigenvalue weighted by molar-refractivity contribution is 5.69. The molecule has 0 saturated heterocycles. The number of rotatable bonds is 2. The van der Waals surface area contributed by atoms with Crippen LogP contribution in [-0.4, -0.2) is 23.7 Å². The van der Waals surface area contributed by atoms with Crippen LogP contribution < -0.4 is 10.1 Å². The average molecular weight is 229 g/mol. The average Bonchev–Trinajstić information content (AvgIpc) is 2.18. The molecule has 16 heavy (non-hydrogen) atoms. The summed E-state index contributed by atoms with van der Waals surface area (Å²) in [5.41, 5.74) is 0.0129. The fourth-order valence-electron chi connectivity index (χ4n) is 1.56. The molecule has 0 spiro atoms. The van der Waals surface area contributed by atoms with Crippen molar-refractivity contribution in [2.75, 3.05) is 11.9 Å². The number of fused-ring (bicyclic) bond motifs is 1. The SMILES string of the molecule is O=C(O)CC1COc2cc(F)cc(F)c2N1. The van der Waals surface area contributed by atoms with E-state index in [0.717, 1.165) is 12.1 Å². The van der Waals surface area contributed by atoms with E-state index in [1.807, 2.05) is 0 Å². The molecule has 0 amide bonds. The van der Waals surface area contributed by atoms with E-state index in [9.17, 15) is 13.6 Å². The van der Waals surface area contributed by atoms with Gasteiger partial charge in [-0.2, -0.15) is 0 Å². The van der Waals surface area contributed by atoms with Crippen LogP contribution in [0.1, 0.15) is 6.42 Å². The summed E-state index contributed by atoms with van der Waals surface area (Å²) < 4.78 is 31.2. The molecule has 4 nitrogen and oxygen atoms in total. The molecule has 0 bridgehead atoms. The summed E-state index contributed by atoms with van der Waals surface area (Å²) in [7, 11) is 0. The van der Waals surface area contributed by atoms with Crippen LogP contribution in [0.3, 0.4) is 0 Å². The molecule has 1 unspecified atom stereocenters. The van der Waals surface area contributed by atoms with Crippen LogP contribution in [0.4, 0.5) is 14.5 Å².